The number of ether oxygens (including phenoxy) is 1. The van der Waals surface area contributed by atoms with E-state index in [0.29, 0.717) is 11.3 Å². The van der Waals surface area contributed by atoms with E-state index < -0.39 is 5.97 Å². The Bertz CT molecular complexity index is 990. The van der Waals surface area contributed by atoms with Crippen LogP contribution in [0.25, 0.3) is 11.3 Å². The van der Waals surface area contributed by atoms with Crippen LogP contribution in [0.3, 0.4) is 0 Å². The standard InChI is InChI=1S/C17H14N3O3.C5H5.Fe/c1-2-23-17(22)14-11-15(12-5-3-4-6-12)20(19-14)16(21)13-7-9-18-10-8-13;1-2-4-5-3-1;/h3-11H,2H2,1H3;1-5H;/q2*-1;+2. The zero-order chi connectivity index (χ0) is 19.8. The third kappa shape index (κ3) is 5.60. The van der Waals surface area contributed by atoms with Crippen molar-refractivity contribution >= 4 is 11.9 Å². The third-order valence-electron chi connectivity index (χ3n) is 3.83. The number of hydrogen-bond acceptors (Lipinski definition) is 5. The van der Waals surface area contributed by atoms with Crippen LogP contribution in [0.15, 0.2) is 85.2 Å². The largest absolute Gasteiger partial charge is 2.00 e. The maximum atomic E-state index is 12.7. The second-order valence-electron chi connectivity index (χ2n) is 5.72. The van der Waals surface area contributed by atoms with E-state index in [2.05, 4.69) is 10.1 Å². The Labute approximate surface area is 179 Å². The van der Waals surface area contributed by atoms with Crippen molar-refractivity contribution in [3.63, 3.8) is 0 Å². The van der Waals surface area contributed by atoms with Gasteiger partial charge in [-0.2, -0.15) is 35.4 Å². The van der Waals surface area contributed by atoms with Crippen molar-refractivity contribution < 1.29 is 31.4 Å². The molecule has 0 saturated carbocycles. The average molecular weight is 429 g/mol. The average Bonchev–Trinajstić information content (AvgIpc) is 3.51. The fourth-order valence-electron chi connectivity index (χ4n) is 2.53. The minimum Gasteiger partial charge on any atom is -0.462 e. The van der Waals surface area contributed by atoms with Crippen molar-refractivity contribution in [1.29, 1.82) is 0 Å². The number of carbonyl (C=O) groups excluding carboxylic acids is 2. The predicted molar refractivity (Wildman–Crippen MR) is 105 cm³/mol. The molecule has 7 heteroatoms. The molecule has 0 radical (unpaired) electrons. The van der Waals surface area contributed by atoms with Gasteiger partial charge in [-0.1, -0.05) is 11.6 Å². The summed E-state index contributed by atoms with van der Waals surface area (Å²) in [7, 11) is 0. The Morgan fingerprint density at radius 2 is 1.76 bits per heavy atom. The van der Waals surface area contributed by atoms with Gasteiger partial charge in [-0.25, -0.2) is 21.6 Å². The van der Waals surface area contributed by atoms with Crippen LogP contribution in [0.2, 0.25) is 0 Å². The molecule has 0 saturated heterocycles. The monoisotopic (exact) mass is 429 g/mol. The summed E-state index contributed by atoms with van der Waals surface area (Å²) in [6, 6.07) is 22.2. The maximum Gasteiger partial charge on any atom is 2.00 e. The summed E-state index contributed by atoms with van der Waals surface area (Å²) in [6.45, 7) is 1.96. The summed E-state index contributed by atoms with van der Waals surface area (Å²) in [6.07, 6.45) is 3.07. The molecule has 4 aromatic rings. The van der Waals surface area contributed by atoms with E-state index in [1.807, 2.05) is 54.6 Å². The molecule has 0 amide bonds. The van der Waals surface area contributed by atoms with E-state index in [4.69, 9.17) is 4.74 Å². The minimum atomic E-state index is -0.554. The van der Waals surface area contributed by atoms with E-state index in [1.54, 1.807) is 25.1 Å². The van der Waals surface area contributed by atoms with Gasteiger partial charge in [-0.05, 0) is 24.8 Å². The van der Waals surface area contributed by atoms with Gasteiger partial charge in [0.15, 0.2) is 0 Å². The van der Waals surface area contributed by atoms with Crippen molar-refractivity contribution in [2.24, 2.45) is 0 Å². The molecular formula is C22H19FeN3O3. The molecule has 2 aromatic carbocycles. The topological polar surface area (TPSA) is 74.1 Å². The molecule has 0 spiro atoms. The Hall–Kier alpha value is -3.28. The van der Waals surface area contributed by atoms with Gasteiger partial charge in [-0.3, -0.25) is 9.78 Å². The molecule has 4 rings (SSSR count). The summed E-state index contributed by atoms with van der Waals surface area (Å²) in [5, 5.41) is 4.13. The number of nitrogens with zero attached hydrogens (tertiary/aromatic N) is 3. The van der Waals surface area contributed by atoms with Crippen molar-refractivity contribution in [2.75, 3.05) is 6.61 Å². The first kappa shape index (κ1) is 22.0. The number of aromatic nitrogens is 3. The van der Waals surface area contributed by atoms with E-state index in [1.165, 1.54) is 17.1 Å². The molecule has 0 unspecified atom stereocenters. The first-order valence-electron chi connectivity index (χ1n) is 8.81. The number of esters is 1. The normalized spacial score (nSPS) is 9.69. The van der Waals surface area contributed by atoms with Gasteiger partial charge >= 0.3 is 23.0 Å². The first-order valence-corrected chi connectivity index (χ1v) is 8.81. The zero-order valence-electron chi connectivity index (χ0n) is 15.7. The fourth-order valence-corrected chi connectivity index (χ4v) is 2.53. The van der Waals surface area contributed by atoms with E-state index in [0.717, 1.165) is 5.56 Å². The van der Waals surface area contributed by atoms with Gasteiger partial charge in [0.2, 0.25) is 0 Å². The van der Waals surface area contributed by atoms with Crippen LogP contribution in [0.1, 0.15) is 27.8 Å². The molecule has 0 fully saturated rings. The van der Waals surface area contributed by atoms with Crippen LogP contribution in [0, 0.1) is 0 Å². The van der Waals surface area contributed by atoms with E-state index in [9.17, 15) is 9.59 Å². The van der Waals surface area contributed by atoms with Gasteiger partial charge in [-0.15, -0.1) is 12.1 Å². The summed E-state index contributed by atoms with van der Waals surface area (Å²) in [5.74, 6) is -0.888. The van der Waals surface area contributed by atoms with Crippen molar-refractivity contribution in [1.82, 2.24) is 14.8 Å². The molecule has 148 valence electrons. The second-order valence-corrected chi connectivity index (χ2v) is 5.72. The number of hydrogen-bond donors (Lipinski definition) is 0. The Balaban J connectivity index is 0.000000437. The van der Waals surface area contributed by atoms with Crippen LogP contribution in [-0.2, 0) is 21.8 Å². The Morgan fingerprint density at radius 3 is 2.31 bits per heavy atom. The molecule has 29 heavy (non-hydrogen) atoms. The second kappa shape index (κ2) is 10.9. The van der Waals surface area contributed by atoms with E-state index >= 15 is 0 Å². The molecule has 0 bridgehead atoms. The molecule has 0 aliphatic carbocycles. The van der Waals surface area contributed by atoms with Gasteiger partial charge in [0.1, 0.15) is 5.69 Å². The van der Waals surface area contributed by atoms with Gasteiger partial charge in [0.25, 0.3) is 5.91 Å². The molecular weight excluding hydrogens is 410 g/mol. The third-order valence-corrected chi connectivity index (χ3v) is 3.83. The SMILES string of the molecule is CCOC(=O)c1cc(-[c-]2cccc2)n(C(=O)c2ccncc2)n1.[Fe+2].c1cc[cH-]c1. The van der Waals surface area contributed by atoms with Gasteiger partial charge in [0, 0.05) is 18.0 Å². The van der Waals surface area contributed by atoms with Crippen LogP contribution in [0.5, 0.6) is 0 Å². The van der Waals surface area contributed by atoms with Crippen molar-refractivity contribution in [3.05, 3.63) is 96.4 Å². The quantitative estimate of drug-likeness (QED) is 0.279. The molecule has 2 aromatic heterocycles. The van der Waals surface area contributed by atoms with Crippen LogP contribution < -0.4 is 0 Å². The number of rotatable bonds is 4. The summed E-state index contributed by atoms with van der Waals surface area (Å²) >= 11 is 0. The summed E-state index contributed by atoms with van der Waals surface area (Å²) in [4.78, 5) is 28.5. The molecule has 0 aliphatic rings. The minimum absolute atomic E-state index is 0. The predicted octanol–water partition coefficient (Wildman–Crippen LogP) is 3.93. The first-order chi connectivity index (χ1) is 13.7. The summed E-state index contributed by atoms with van der Waals surface area (Å²) < 4.78 is 6.18. The zero-order valence-corrected chi connectivity index (χ0v) is 16.8. The molecule has 0 aliphatic heterocycles. The number of carbonyl (C=O) groups is 2. The van der Waals surface area contributed by atoms with Crippen molar-refractivity contribution in [3.8, 4) is 11.3 Å². The molecule has 0 N–H and O–H groups in total. The smallest absolute Gasteiger partial charge is 0.462 e. The van der Waals surface area contributed by atoms with E-state index in [-0.39, 0.29) is 35.3 Å². The Morgan fingerprint density at radius 1 is 1.10 bits per heavy atom. The number of pyridine rings is 1. The van der Waals surface area contributed by atoms with Crippen LogP contribution in [0.4, 0.5) is 0 Å². The molecule has 6 nitrogen and oxygen atoms in total. The molecule has 2 heterocycles. The fraction of sp³-hybridized carbons (Fsp3) is 0.0909. The van der Waals surface area contributed by atoms with Crippen molar-refractivity contribution in [2.45, 2.75) is 6.92 Å². The van der Waals surface area contributed by atoms with Gasteiger partial charge in [0.05, 0.1) is 6.61 Å². The Kier molecular flexibility index (Phi) is 8.27. The molecule has 0 atom stereocenters. The van der Waals surface area contributed by atoms with Gasteiger partial charge < -0.3 is 4.74 Å². The van der Waals surface area contributed by atoms with Crippen LogP contribution >= 0.6 is 0 Å². The summed E-state index contributed by atoms with van der Waals surface area (Å²) in [5.41, 5.74) is 1.88. The maximum absolute atomic E-state index is 12.7. The van der Waals surface area contributed by atoms with Crippen LogP contribution in [-0.4, -0.2) is 33.2 Å².